The average molecular weight is 585 g/mol. The Bertz CT molecular complexity index is 1230. The van der Waals surface area contributed by atoms with Gasteiger partial charge < -0.3 is 30.1 Å². The van der Waals surface area contributed by atoms with Crippen LogP contribution in [0.3, 0.4) is 0 Å². The highest BCUT2D eigenvalue weighted by Crippen LogP contribution is 2.29. The predicted molar refractivity (Wildman–Crippen MR) is 157 cm³/mol. The van der Waals surface area contributed by atoms with Crippen molar-refractivity contribution in [2.24, 2.45) is 5.41 Å². The van der Waals surface area contributed by atoms with E-state index in [0.29, 0.717) is 0 Å². The first-order chi connectivity index (χ1) is 19.4. The molecule has 0 radical (unpaired) electrons. The van der Waals surface area contributed by atoms with Crippen molar-refractivity contribution in [1.82, 2.24) is 20.5 Å². The number of benzene rings is 1. The second kappa shape index (κ2) is 14.5. The van der Waals surface area contributed by atoms with E-state index >= 15 is 0 Å². The van der Waals surface area contributed by atoms with Crippen LogP contribution in [-0.4, -0.2) is 83.9 Å². The molecule has 2 aromatic rings. The SMILES string of the molecule is C#CCOCCOCC(=O)N[C@H](C(=O)N1C[C@H](O)C[C@H]1C(=O)N[C@@H](C)c1ccc(-c2scnc2C)cc1)C(C)(C)C. The lowest BCUT2D eigenvalue weighted by Crippen LogP contribution is -2.58. The van der Waals surface area contributed by atoms with E-state index in [9.17, 15) is 19.5 Å². The number of aliphatic hydroxyl groups excluding tert-OH is 1. The molecular formula is C30H40N4O6S. The smallest absolute Gasteiger partial charge is 0.246 e. The number of rotatable bonds is 12. The van der Waals surface area contributed by atoms with E-state index in [-0.39, 0.29) is 51.3 Å². The number of aromatic nitrogens is 1. The normalized spacial score (nSPS) is 18.4. The molecule has 0 bridgehead atoms. The molecule has 10 nitrogen and oxygen atoms in total. The lowest BCUT2D eigenvalue weighted by atomic mass is 9.85. The number of terminal acetylenes is 1. The molecule has 41 heavy (non-hydrogen) atoms. The highest BCUT2D eigenvalue weighted by molar-refractivity contribution is 7.13. The molecule has 1 aromatic heterocycles. The maximum atomic E-state index is 13.7. The molecule has 3 N–H and O–H groups in total. The standard InChI is InChI=1S/C30H40N4O6S/c1-7-12-39-13-14-40-17-25(36)33-27(30(4,5)6)29(38)34-16-23(35)15-24(34)28(37)32-19(2)21-8-10-22(11-9-21)26-20(3)31-18-41-26/h1,8-11,18-19,23-24,27,35H,12-17H2,2-6H3,(H,32,37)(H,33,36)/t19-,23+,24-,27+/m0/s1. The van der Waals surface area contributed by atoms with Crippen molar-refractivity contribution in [3.8, 4) is 22.8 Å². The third-order valence-corrected chi connectivity index (χ3v) is 7.83. The van der Waals surface area contributed by atoms with Gasteiger partial charge in [0.15, 0.2) is 0 Å². The molecule has 3 amide bonds. The number of aliphatic hydroxyl groups is 1. The summed E-state index contributed by atoms with van der Waals surface area (Å²) in [6.07, 6.45) is 4.38. The molecule has 11 heteroatoms. The summed E-state index contributed by atoms with van der Waals surface area (Å²) < 4.78 is 10.4. The average Bonchev–Trinajstić information content (AvgIpc) is 3.53. The third kappa shape index (κ3) is 8.84. The van der Waals surface area contributed by atoms with E-state index in [0.717, 1.165) is 21.7 Å². The fourth-order valence-electron chi connectivity index (χ4n) is 4.63. The van der Waals surface area contributed by atoms with Crippen molar-refractivity contribution in [2.75, 3.05) is 33.0 Å². The van der Waals surface area contributed by atoms with E-state index in [1.807, 2.05) is 64.4 Å². The summed E-state index contributed by atoms with van der Waals surface area (Å²) in [5.41, 5.74) is 4.08. The van der Waals surface area contributed by atoms with E-state index in [4.69, 9.17) is 15.9 Å². The Kier molecular flexibility index (Phi) is 11.4. The first-order valence-corrected chi connectivity index (χ1v) is 14.5. The first kappa shape index (κ1) is 32.2. The quantitative estimate of drug-likeness (QED) is 0.258. The van der Waals surface area contributed by atoms with E-state index in [2.05, 4.69) is 21.5 Å². The number of thiazole rings is 1. The Morgan fingerprint density at radius 1 is 1.20 bits per heavy atom. The van der Waals surface area contributed by atoms with Gasteiger partial charge in [-0.25, -0.2) is 4.98 Å². The van der Waals surface area contributed by atoms with Crippen molar-refractivity contribution >= 4 is 29.1 Å². The minimum atomic E-state index is -0.933. The number of hydrogen-bond acceptors (Lipinski definition) is 8. The molecule has 3 rings (SSSR count). The molecule has 0 spiro atoms. The summed E-state index contributed by atoms with van der Waals surface area (Å²) in [7, 11) is 0. The van der Waals surface area contributed by atoms with Crippen LogP contribution in [0.4, 0.5) is 0 Å². The van der Waals surface area contributed by atoms with Gasteiger partial charge in [-0.15, -0.1) is 17.8 Å². The van der Waals surface area contributed by atoms with Crippen LogP contribution in [0.5, 0.6) is 0 Å². The number of ether oxygens (including phenoxy) is 2. The molecule has 4 atom stereocenters. The Hall–Kier alpha value is -3.30. The Balaban J connectivity index is 1.64. The largest absolute Gasteiger partial charge is 0.391 e. The van der Waals surface area contributed by atoms with Gasteiger partial charge in [0.2, 0.25) is 17.7 Å². The summed E-state index contributed by atoms with van der Waals surface area (Å²) in [5.74, 6) is 1.08. The van der Waals surface area contributed by atoms with E-state index in [1.165, 1.54) is 4.90 Å². The van der Waals surface area contributed by atoms with Crippen molar-refractivity contribution in [2.45, 2.75) is 65.3 Å². The molecule has 0 aliphatic carbocycles. The highest BCUT2D eigenvalue weighted by Gasteiger charge is 2.44. The minimum Gasteiger partial charge on any atom is -0.391 e. The fraction of sp³-hybridized carbons (Fsp3) is 0.533. The van der Waals surface area contributed by atoms with Gasteiger partial charge in [-0.2, -0.15) is 0 Å². The van der Waals surface area contributed by atoms with Crippen LogP contribution in [0.2, 0.25) is 0 Å². The van der Waals surface area contributed by atoms with Gasteiger partial charge in [-0.3, -0.25) is 14.4 Å². The molecule has 1 fully saturated rings. The third-order valence-electron chi connectivity index (χ3n) is 6.85. The Morgan fingerprint density at radius 2 is 1.88 bits per heavy atom. The summed E-state index contributed by atoms with van der Waals surface area (Å²) in [5, 5.41) is 16.2. The van der Waals surface area contributed by atoms with Crippen molar-refractivity contribution in [3.63, 3.8) is 0 Å². The monoisotopic (exact) mass is 584 g/mol. The zero-order valence-corrected chi connectivity index (χ0v) is 25.1. The van der Waals surface area contributed by atoms with Crippen LogP contribution in [0.15, 0.2) is 29.8 Å². The van der Waals surface area contributed by atoms with Gasteiger partial charge in [0.25, 0.3) is 0 Å². The highest BCUT2D eigenvalue weighted by atomic mass is 32.1. The topological polar surface area (TPSA) is 130 Å². The molecule has 0 saturated carbocycles. The van der Waals surface area contributed by atoms with Crippen LogP contribution in [0.25, 0.3) is 10.4 Å². The number of β-amino-alcohol motifs (C(OH)–C–C–N with tert-alkyl or cyclic N) is 1. The molecule has 2 heterocycles. The summed E-state index contributed by atoms with van der Waals surface area (Å²) in [6, 6.07) is 5.79. The number of carbonyl (C=O) groups excluding carboxylic acids is 3. The molecular weight excluding hydrogens is 544 g/mol. The van der Waals surface area contributed by atoms with Gasteiger partial charge >= 0.3 is 0 Å². The lowest BCUT2D eigenvalue weighted by molar-refractivity contribution is -0.144. The Morgan fingerprint density at radius 3 is 2.49 bits per heavy atom. The van der Waals surface area contributed by atoms with Gasteiger partial charge in [0, 0.05) is 13.0 Å². The van der Waals surface area contributed by atoms with Crippen molar-refractivity contribution in [3.05, 3.63) is 41.0 Å². The first-order valence-electron chi connectivity index (χ1n) is 13.6. The molecule has 1 aliphatic heterocycles. The number of carbonyl (C=O) groups is 3. The second-order valence-electron chi connectivity index (χ2n) is 11.2. The van der Waals surface area contributed by atoms with Gasteiger partial charge in [0.05, 0.1) is 41.4 Å². The number of nitrogens with zero attached hydrogens (tertiary/aromatic N) is 2. The number of hydrogen-bond donors (Lipinski definition) is 3. The number of amides is 3. The van der Waals surface area contributed by atoms with Crippen LogP contribution in [0.1, 0.15) is 51.4 Å². The molecule has 1 aromatic carbocycles. The summed E-state index contributed by atoms with van der Waals surface area (Å²) >= 11 is 1.58. The molecule has 0 unspecified atom stereocenters. The molecule has 1 aliphatic rings. The summed E-state index contributed by atoms with van der Waals surface area (Å²) in [4.78, 5) is 46.4. The molecule has 222 valence electrons. The maximum Gasteiger partial charge on any atom is 0.246 e. The van der Waals surface area contributed by atoms with Gasteiger partial charge in [0.1, 0.15) is 25.3 Å². The van der Waals surface area contributed by atoms with Crippen LogP contribution >= 0.6 is 11.3 Å². The maximum absolute atomic E-state index is 13.7. The van der Waals surface area contributed by atoms with Crippen LogP contribution in [0, 0.1) is 24.7 Å². The minimum absolute atomic E-state index is 0.000331. The van der Waals surface area contributed by atoms with Crippen LogP contribution in [-0.2, 0) is 23.9 Å². The van der Waals surface area contributed by atoms with Gasteiger partial charge in [-0.1, -0.05) is 51.0 Å². The van der Waals surface area contributed by atoms with Crippen LogP contribution < -0.4 is 10.6 Å². The van der Waals surface area contributed by atoms with Crippen molar-refractivity contribution in [1.29, 1.82) is 0 Å². The zero-order chi connectivity index (χ0) is 30.2. The number of aryl methyl sites for hydroxylation is 1. The van der Waals surface area contributed by atoms with Crippen molar-refractivity contribution < 1.29 is 29.0 Å². The second-order valence-corrected chi connectivity index (χ2v) is 12.0. The Labute approximate surface area is 245 Å². The van der Waals surface area contributed by atoms with E-state index in [1.54, 1.807) is 11.3 Å². The number of nitrogens with one attached hydrogen (secondary N) is 2. The van der Waals surface area contributed by atoms with Gasteiger partial charge in [-0.05, 0) is 30.4 Å². The molecule has 1 saturated heterocycles. The lowest BCUT2D eigenvalue weighted by Gasteiger charge is -2.35. The summed E-state index contributed by atoms with van der Waals surface area (Å²) in [6.45, 7) is 9.63. The fourth-order valence-corrected chi connectivity index (χ4v) is 5.44. The zero-order valence-electron chi connectivity index (χ0n) is 24.3. The number of likely N-dealkylation sites (tertiary alicyclic amines) is 1. The predicted octanol–water partition coefficient (Wildman–Crippen LogP) is 2.45. The van der Waals surface area contributed by atoms with E-state index < -0.39 is 35.4 Å².